The highest BCUT2D eigenvalue weighted by molar-refractivity contribution is 5.78. The molecule has 0 radical (unpaired) electrons. The molecular weight excluding hydrogens is 154 g/mol. The number of nitrogens with one attached hydrogen (secondary N) is 1. The second-order valence-electron chi connectivity index (χ2n) is 3.25. The second kappa shape index (κ2) is 5.75. The van der Waals surface area contributed by atoms with Gasteiger partial charge in [-0.15, -0.1) is 0 Å². The summed E-state index contributed by atoms with van der Waals surface area (Å²) < 4.78 is 0. The van der Waals surface area contributed by atoms with Gasteiger partial charge in [0.15, 0.2) is 0 Å². The van der Waals surface area contributed by atoms with Gasteiger partial charge in [0.2, 0.25) is 5.91 Å². The highest BCUT2D eigenvalue weighted by Crippen LogP contribution is 1.92. The second-order valence-corrected chi connectivity index (χ2v) is 3.25. The summed E-state index contributed by atoms with van der Waals surface area (Å²) in [5.74, 6) is 0.259. The summed E-state index contributed by atoms with van der Waals surface area (Å²) in [6, 6.07) is 0. The highest BCUT2D eigenvalue weighted by Gasteiger charge is 2.04. The van der Waals surface area contributed by atoms with E-state index in [-0.39, 0.29) is 17.6 Å². The smallest absolute Gasteiger partial charge is 0.222 e. The number of rotatable bonds is 5. The van der Waals surface area contributed by atoms with Gasteiger partial charge in [-0.25, -0.2) is 0 Å². The van der Waals surface area contributed by atoms with Crippen molar-refractivity contribution in [2.24, 2.45) is 5.92 Å². The van der Waals surface area contributed by atoms with Gasteiger partial charge < -0.3 is 10.1 Å². The predicted octanol–water partition coefficient (Wildman–Crippen LogP) is 1.13. The molecular formula is C9H17NO2. The molecule has 0 atom stereocenters. The molecule has 0 heterocycles. The minimum Gasteiger partial charge on any atom is -0.356 e. The van der Waals surface area contributed by atoms with Crippen LogP contribution in [0.25, 0.3) is 0 Å². The molecule has 0 unspecified atom stereocenters. The van der Waals surface area contributed by atoms with Gasteiger partial charge in [0.05, 0.1) is 0 Å². The van der Waals surface area contributed by atoms with Crippen molar-refractivity contribution >= 4 is 11.7 Å². The van der Waals surface area contributed by atoms with Gasteiger partial charge in [0.1, 0.15) is 5.78 Å². The normalized spacial score (nSPS) is 10.0. The molecule has 1 N–H and O–H groups in total. The fourth-order valence-electron chi connectivity index (χ4n) is 0.753. The fourth-order valence-corrected chi connectivity index (χ4v) is 0.753. The lowest BCUT2D eigenvalue weighted by atomic mass is 10.2. The molecule has 0 rings (SSSR count). The van der Waals surface area contributed by atoms with Crippen molar-refractivity contribution < 1.29 is 9.59 Å². The lowest BCUT2D eigenvalue weighted by molar-refractivity contribution is -0.124. The molecule has 0 aliphatic heterocycles. The average Bonchev–Trinajstić information content (AvgIpc) is 1.97. The van der Waals surface area contributed by atoms with Crippen molar-refractivity contribution in [1.29, 1.82) is 0 Å². The number of Topliss-reactive ketones (excluding diaryl/α,β-unsaturated/α-hetero) is 1. The van der Waals surface area contributed by atoms with Crippen molar-refractivity contribution in [3.8, 4) is 0 Å². The minimum absolute atomic E-state index is 0.0299. The lowest BCUT2D eigenvalue weighted by Crippen LogP contribution is -2.28. The van der Waals surface area contributed by atoms with Crippen molar-refractivity contribution in [1.82, 2.24) is 5.32 Å². The highest BCUT2D eigenvalue weighted by atomic mass is 16.1. The van der Waals surface area contributed by atoms with Crippen LogP contribution >= 0.6 is 0 Å². The molecule has 12 heavy (non-hydrogen) atoms. The van der Waals surface area contributed by atoms with Gasteiger partial charge >= 0.3 is 0 Å². The first-order valence-corrected chi connectivity index (χ1v) is 4.31. The topological polar surface area (TPSA) is 46.2 Å². The van der Waals surface area contributed by atoms with E-state index in [9.17, 15) is 9.59 Å². The van der Waals surface area contributed by atoms with Crippen LogP contribution in [0.1, 0.15) is 33.6 Å². The Kier molecular flexibility index (Phi) is 5.34. The average molecular weight is 171 g/mol. The summed E-state index contributed by atoms with van der Waals surface area (Å²) in [5, 5.41) is 2.75. The van der Waals surface area contributed by atoms with E-state index in [1.54, 1.807) is 6.92 Å². The van der Waals surface area contributed by atoms with Gasteiger partial charge in [0, 0.05) is 18.9 Å². The van der Waals surface area contributed by atoms with Crippen LogP contribution in [0.15, 0.2) is 0 Å². The van der Waals surface area contributed by atoms with E-state index in [0.717, 1.165) is 6.42 Å². The summed E-state index contributed by atoms with van der Waals surface area (Å²) >= 11 is 0. The maximum absolute atomic E-state index is 11.0. The first-order valence-electron chi connectivity index (χ1n) is 4.31. The number of amides is 1. The van der Waals surface area contributed by atoms with Crippen LogP contribution in [0.5, 0.6) is 0 Å². The van der Waals surface area contributed by atoms with E-state index in [2.05, 4.69) is 5.32 Å². The Labute approximate surface area is 73.5 Å². The van der Waals surface area contributed by atoms with Crippen molar-refractivity contribution in [2.75, 3.05) is 6.54 Å². The summed E-state index contributed by atoms with van der Waals surface area (Å²) in [5.41, 5.74) is 0. The fraction of sp³-hybridized carbons (Fsp3) is 0.778. The zero-order valence-corrected chi connectivity index (χ0v) is 8.02. The first kappa shape index (κ1) is 11.1. The Morgan fingerprint density at radius 2 is 1.92 bits per heavy atom. The van der Waals surface area contributed by atoms with E-state index in [1.807, 2.05) is 13.8 Å². The largest absolute Gasteiger partial charge is 0.356 e. The molecule has 3 heteroatoms. The molecule has 0 aromatic carbocycles. The van der Waals surface area contributed by atoms with Crippen LogP contribution < -0.4 is 5.32 Å². The molecule has 0 aliphatic carbocycles. The van der Waals surface area contributed by atoms with Crippen LogP contribution in [-0.2, 0) is 9.59 Å². The molecule has 70 valence electrons. The van der Waals surface area contributed by atoms with Crippen LogP contribution in [0.4, 0.5) is 0 Å². The summed E-state index contributed by atoms with van der Waals surface area (Å²) in [6.07, 6.45) is 1.30. The Morgan fingerprint density at radius 3 is 2.33 bits per heavy atom. The third kappa shape index (κ3) is 5.89. The molecule has 1 amide bonds. The zero-order chi connectivity index (χ0) is 9.56. The van der Waals surface area contributed by atoms with Crippen LogP contribution in [0.3, 0.4) is 0 Å². The molecule has 3 nitrogen and oxygen atoms in total. The molecule has 0 saturated heterocycles. The predicted molar refractivity (Wildman–Crippen MR) is 47.8 cm³/mol. The standard InChI is InChI=1S/C9H17NO2/c1-7(2)9(12)10-6-4-5-8(3)11/h7H,4-6H2,1-3H3,(H,10,12). The Bertz CT molecular complexity index is 164. The SMILES string of the molecule is CC(=O)CCCNC(=O)C(C)C. The van der Waals surface area contributed by atoms with Gasteiger partial charge in [-0.05, 0) is 13.3 Å². The third-order valence-electron chi connectivity index (χ3n) is 1.53. The van der Waals surface area contributed by atoms with Crippen molar-refractivity contribution in [2.45, 2.75) is 33.6 Å². The number of ketones is 1. The molecule has 0 aromatic heterocycles. The van der Waals surface area contributed by atoms with E-state index in [4.69, 9.17) is 0 Å². The van der Waals surface area contributed by atoms with Gasteiger partial charge in [-0.3, -0.25) is 4.79 Å². The molecule has 0 aliphatic rings. The molecule has 0 spiro atoms. The summed E-state index contributed by atoms with van der Waals surface area (Å²) in [6.45, 7) is 5.86. The monoisotopic (exact) mass is 171 g/mol. The van der Waals surface area contributed by atoms with Crippen LogP contribution in [0, 0.1) is 5.92 Å². The number of carbonyl (C=O) groups excluding carboxylic acids is 2. The lowest BCUT2D eigenvalue weighted by Gasteiger charge is -2.05. The number of hydrogen-bond donors (Lipinski definition) is 1. The zero-order valence-electron chi connectivity index (χ0n) is 8.02. The van der Waals surface area contributed by atoms with Crippen molar-refractivity contribution in [3.63, 3.8) is 0 Å². The van der Waals surface area contributed by atoms with Gasteiger partial charge in [-0.2, -0.15) is 0 Å². The number of hydrogen-bond acceptors (Lipinski definition) is 2. The minimum atomic E-state index is 0.0299. The maximum Gasteiger partial charge on any atom is 0.222 e. The first-order chi connectivity index (χ1) is 5.54. The van der Waals surface area contributed by atoms with Crippen LogP contribution in [-0.4, -0.2) is 18.2 Å². The van der Waals surface area contributed by atoms with Crippen molar-refractivity contribution in [3.05, 3.63) is 0 Å². The quantitative estimate of drug-likeness (QED) is 0.630. The molecule has 0 saturated carbocycles. The van der Waals surface area contributed by atoms with Gasteiger partial charge in [0.25, 0.3) is 0 Å². The van der Waals surface area contributed by atoms with Crippen LogP contribution in [0.2, 0.25) is 0 Å². The van der Waals surface area contributed by atoms with E-state index in [1.165, 1.54) is 0 Å². The Hall–Kier alpha value is -0.860. The van der Waals surface area contributed by atoms with Gasteiger partial charge in [-0.1, -0.05) is 13.8 Å². The number of carbonyl (C=O) groups is 2. The van der Waals surface area contributed by atoms with E-state index >= 15 is 0 Å². The summed E-state index contributed by atoms with van der Waals surface area (Å²) in [7, 11) is 0. The third-order valence-corrected chi connectivity index (χ3v) is 1.53. The Balaban J connectivity index is 3.32. The maximum atomic E-state index is 11.0. The molecule has 0 fully saturated rings. The Morgan fingerprint density at radius 1 is 1.33 bits per heavy atom. The van der Waals surface area contributed by atoms with E-state index in [0.29, 0.717) is 13.0 Å². The van der Waals surface area contributed by atoms with E-state index < -0.39 is 0 Å². The summed E-state index contributed by atoms with van der Waals surface area (Å²) in [4.78, 5) is 21.5. The molecule has 0 aromatic rings. The molecule has 0 bridgehead atoms.